The van der Waals surface area contributed by atoms with E-state index < -0.39 is 0 Å². The van der Waals surface area contributed by atoms with Gasteiger partial charge in [0.05, 0.1) is 16.6 Å². The van der Waals surface area contributed by atoms with Crippen molar-refractivity contribution in [2.24, 2.45) is 0 Å². The molecule has 0 bridgehead atoms. The van der Waals surface area contributed by atoms with Gasteiger partial charge in [0.1, 0.15) is 5.82 Å². The van der Waals surface area contributed by atoms with Crippen LogP contribution in [0.4, 0.5) is 5.69 Å². The Kier molecular flexibility index (Phi) is 4.36. The number of para-hydroxylation sites is 1. The number of benzene rings is 3. The summed E-state index contributed by atoms with van der Waals surface area (Å²) in [5.74, 6) is 0.775. The molecule has 5 rings (SSSR count). The van der Waals surface area contributed by atoms with Gasteiger partial charge in [-0.15, -0.1) is 10.2 Å². The van der Waals surface area contributed by atoms with E-state index in [1.807, 2.05) is 68.4 Å². The Morgan fingerprint density at radius 1 is 0.903 bits per heavy atom. The molecule has 0 unspecified atom stereocenters. The second-order valence-electron chi connectivity index (χ2n) is 7.41. The summed E-state index contributed by atoms with van der Waals surface area (Å²) in [5, 5.41) is 11.8. The number of rotatable bonds is 3. The van der Waals surface area contributed by atoms with Gasteiger partial charge in [0, 0.05) is 11.3 Å². The molecule has 0 fully saturated rings. The Labute approximate surface area is 177 Å². The SMILES string of the molecule is Cc1cccc(NC(=O)c2ccc3c(=O)n(-c4ccccc4)c4nnc(C)n4c3c2)c1. The summed E-state index contributed by atoms with van der Waals surface area (Å²) < 4.78 is 3.34. The lowest BCUT2D eigenvalue weighted by molar-refractivity contribution is 0.102. The van der Waals surface area contributed by atoms with Crippen LogP contribution in [-0.2, 0) is 0 Å². The molecule has 2 aromatic heterocycles. The van der Waals surface area contributed by atoms with E-state index in [9.17, 15) is 9.59 Å². The van der Waals surface area contributed by atoms with Crippen molar-refractivity contribution in [3.8, 4) is 5.69 Å². The molecule has 152 valence electrons. The minimum atomic E-state index is -0.251. The zero-order valence-corrected chi connectivity index (χ0v) is 17.0. The standard InChI is InChI=1S/C24H19N5O2/c1-15-7-6-8-18(13-15)25-22(30)17-11-12-20-21(14-17)28-16(2)26-27-24(28)29(23(20)31)19-9-4-3-5-10-19/h3-14H,1-2H3,(H,25,30). The van der Waals surface area contributed by atoms with Gasteiger partial charge in [0.25, 0.3) is 11.5 Å². The Morgan fingerprint density at radius 2 is 1.71 bits per heavy atom. The highest BCUT2D eigenvalue weighted by molar-refractivity contribution is 6.06. The predicted octanol–water partition coefficient (Wildman–Crippen LogP) is 3.90. The third-order valence-corrected chi connectivity index (χ3v) is 5.23. The monoisotopic (exact) mass is 409 g/mol. The van der Waals surface area contributed by atoms with Crippen molar-refractivity contribution < 1.29 is 4.79 Å². The number of hydrogen-bond donors (Lipinski definition) is 1. The lowest BCUT2D eigenvalue weighted by Gasteiger charge is -2.12. The first kappa shape index (κ1) is 18.7. The highest BCUT2D eigenvalue weighted by Gasteiger charge is 2.17. The van der Waals surface area contributed by atoms with Gasteiger partial charge in [-0.3, -0.25) is 14.0 Å². The number of amides is 1. The third-order valence-electron chi connectivity index (χ3n) is 5.23. The van der Waals surface area contributed by atoms with Crippen molar-refractivity contribution in [2.75, 3.05) is 5.32 Å². The van der Waals surface area contributed by atoms with Crippen LogP contribution in [0.1, 0.15) is 21.7 Å². The van der Waals surface area contributed by atoms with Crippen LogP contribution in [0.2, 0.25) is 0 Å². The van der Waals surface area contributed by atoms with Crippen LogP contribution in [0.25, 0.3) is 22.4 Å². The van der Waals surface area contributed by atoms with Crippen molar-refractivity contribution in [3.63, 3.8) is 0 Å². The van der Waals surface area contributed by atoms with Crippen LogP contribution < -0.4 is 10.9 Å². The van der Waals surface area contributed by atoms with Gasteiger partial charge in [-0.1, -0.05) is 30.3 Å². The average Bonchev–Trinajstić information content (AvgIpc) is 3.15. The van der Waals surface area contributed by atoms with E-state index >= 15 is 0 Å². The Morgan fingerprint density at radius 3 is 2.48 bits per heavy atom. The molecular formula is C24H19N5O2. The van der Waals surface area contributed by atoms with Crippen LogP contribution in [0.5, 0.6) is 0 Å². The van der Waals surface area contributed by atoms with Crippen molar-refractivity contribution in [1.82, 2.24) is 19.2 Å². The highest BCUT2D eigenvalue weighted by atomic mass is 16.1. The maximum absolute atomic E-state index is 13.3. The first-order valence-electron chi connectivity index (χ1n) is 9.87. The van der Waals surface area contributed by atoms with E-state index in [1.165, 1.54) is 4.57 Å². The zero-order valence-electron chi connectivity index (χ0n) is 17.0. The zero-order chi connectivity index (χ0) is 21.5. The molecule has 0 saturated carbocycles. The van der Waals surface area contributed by atoms with Gasteiger partial charge in [0.2, 0.25) is 5.78 Å². The van der Waals surface area contributed by atoms with Crippen molar-refractivity contribution >= 4 is 28.3 Å². The molecule has 0 spiro atoms. The highest BCUT2D eigenvalue weighted by Crippen LogP contribution is 2.20. The van der Waals surface area contributed by atoms with Crippen LogP contribution in [0.3, 0.4) is 0 Å². The maximum Gasteiger partial charge on any atom is 0.267 e. The van der Waals surface area contributed by atoms with Gasteiger partial charge in [-0.25, -0.2) is 4.57 Å². The van der Waals surface area contributed by atoms with Crippen LogP contribution >= 0.6 is 0 Å². The fourth-order valence-electron chi connectivity index (χ4n) is 3.76. The summed E-state index contributed by atoms with van der Waals surface area (Å²) in [6.07, 6.45) is 0. The molecule has 0 aliphatic carbocycles. The van der Waals surface area contributed by atoms with E-state index in [0.29, 0.717) is 33.8 Å². The fourth-order valence-corrected chi connectivity index (χ4v) is 3.76. The quantitative estimate of drug-likeness (QED) is 0.490. The molecule has 0 aliphatic heterocycles. The van der Waals surface area contributed by atoms with E-state index in [2.05, 4.69) is 15.5 Å². The first-order valence-corrected chi connectivity index (χ1v) is 9.87. The number of carbonyl (C=O) groups excluding carboxylic acids is 1. The second kappa shape index (κ2) is 7.21. The molecule has 1 amide bonds. The molecule has 0 aliphatic rings. The molecular weight excluding hydrogens is 390 g/mol. The average molecular weight is 409 g/mol. The van der Waals surface area contributed by atoms with Crippen molar-refractivity contribution in [2.45, 2.75) is 13.8 Å². The Hall–Kier alpha value is -4.26. The molecule has 0 atom stereocenters. The number of hydrogen-bond acceptors (Lipinski definition) is 4. The van der Waals surface area contributed by atoms with E-state index in [1.54, 1.807) is 22.6 Å². The summed E-state index contributed by atoms with van der Waals surface area (Å²) in [4.78, 5) is 26.2. The van der Waals surface area contributed by atoms with Crippen molar-refractivity contribution in [1.29, 1.82) is 0 Å². The largest absolute Gasteiger partial charge is 0.322 e. The van der Waals surface area contributed by atoms with Crippen LogP contribution in [-0.4, -0.2) is 25.1 Å². The molecule has 31 heavy (non-hydrogen) atoms. The molecule has 7 heteroatoms. The lowest BCUT2D eigenvalue weighted by atomic mass is 10.1. The van der Waals surface area contributed by atoms with E-state index in [-0.39, 0.29) is 11.5 Å². The lowest BCUT2D eigenvalue weighted by Crippen LogP contribution is -2.22. The Balaban J connectivity index is 1.69. The summed E-state index contributed by atoms with van der Waals surface area (Å²) in [6, 6.07) is 22.0. The minimum absolute atomic E-state index is 0.216. The molecule has 0 saturated heterocycles. The number of aromatic nitrogens is 4. The molecule has 3 aromatic carbocycles. The number of fused-ring (bicyclic) bond motifs is 3. The van der Waals surface area contributed by atoms with Crippen LogP contribution in [0, 0.1) is 13.8 Å². The van der Waals surface area contributed by atoms with Crippen LogP contribution in [0.15, 0.2) is 77.6 Å². The summed E-state index contributed by atoms with van der Waals surface area (Å²) >= 11 is 0. The third kappa shape index (κ3) is 3.16. The predicted molar refractivity (Wildman–Crippen MR) is 120 cm³/mol. The second-order valence-corrected chi connectivity index (χ2v) is 7.41. The van der Waals surface area contributed by atoms with Crippen molar-refractivity contribution in [3.05, 3.63) is 100 Å². The fraction of sp³-hybridized carbons (Fsp3) is 0.0833. The van der Waals surface area contributed by atoms with Gasteiger partial charge in [-0.2, -0.15) is 0 Å². The maximum atomic E-state index is 13.3. The molecule has 7 nitrogen and oxygen atoms in total. The van der Waals surface area contributed by atoms with Gasteiger partial charge in [0.15, 0.2) is 0 Å². The summed E-state index contributed by atoms with van der Waals surface area (Å²) in [7, 11) is 0. The Bertz CT molecular complexity index is 1520. The number of carbonyl (C=O) groups is 1. The number of nitrogens with zero attached hydrogens (tertiary/aromatic N) is 4. The smallest absolute Gasteiger partial charge is 0.267 e. The van der Waals surface area contributed by atoms with Gasteiger partial charge >= 0.3 is 0 Å². The van der Waals surface area contributed by atoms with Gasteiger partial charge in [-0.05, 0) is 61.9 Å². The number of nitrogens with one attached hydrogen (secondary N) is 1. The summed E-state index contributed by atoms with van der Waals surface area (Å²) in [5.41, 5.74) is 3.29. The minimum Gasteiger partial charge on any atom is -0.322 e. The van der Waals surface area contributed by atoms with E-state index in [4.69, 9.17) is 0 Å². The van der Waals surface area contributed by atoms with Gasteiger partial charge < -0.3 is 5.32 Å². The number of aryl methyl sites for hydroxylation is 2. The summed E-state index contributed by atoms with van der Waals surface area (Å²) in [6.45, 7) is 3.79. The van der Waals surface area contributed by atoms with E-state index in [0.717, 1.165) is 11.3 Å². The normalized spacial score (nSPS) is 11.2. The molecule has 5 aromatic rings. The molecule has 2 heterocycles. The molecule has 1 N–H and O–H groups in total. The number of anilines is 1. The molecule has 0 radical (unpaired) electrons. The topological polar surface area (TPSA) is 81.3 Å². The first-order chi connectivity index (χ1) is 15.0.